The van der Waals surface area contributed by atoms with Crippen molar-refractivity contribution in [3.8, 4) is 0 Å². The van der Waals surface area contributed by atoms with Crippen LogP contribution in [0.5, 0.6) is 0 Å². The Hall–Kier alpha value is -2.38. The molecule has 1 aromatic carbocycles. The van der Waals surface area contributed by atoms with Gasteiger partial charge in [0.2, 0.25) is 5.91 Å². The average Bonchev–Trinajstić information content (AvgIpc) is 3.32. The molecule has 1 aliphatic carbocycles. The fraction of sp³-hybridized carbons (Fsp3) is 0.423. The third-order valence-electron chi connectivity index (χ3n) is 6.62. The summed E-state index contributed by atoms with van der Waals surface area (Å²) in [6.07, 6.45) is 8.85. The Balaban J connectivity index is 1.39. The number of fused-ring (bicyclic) bond motifs is 2. The Morgan fingerprint density at radius 1 is 1.21 bits per heavy atom. The average molecular weight is 480 g/mol. The van der Waals surface area contributed by atoms with E-state index in [1.165, 1.54) is 40.6 Å². The second kappa shape index (κ2) is 9.85. The SMILES string of the molecule is CC(Sc1nc2ccccc2c(=O)n1CCC1=CCCCC1)C(=O)N1CCc2sccc2C1. The van der Waals surface area contributed by atoms with Gasteiger partial charge >= 0.3 is 0 Å². The van der Waals surface area contributed by atoms with E-state index >= 15 is 0 Å². The van der Waals surface area contributed by atoms with Crippen LogP contribution in [0.3, 0.4) is 0 Å². The fourth-order valence-electron chi connectivity index (χ4n) is 4.72. The van der Waals surface area contributed by atoms with Gasteiger partial charge in [-0.15, -0.1) is 11.3 Å². The van der Waals surface area contributed by atoms with Crippen LogP contribution >= 0.6 is 23.1 Å². The molecule has 0 spiro atoms. The molecule has 3 aromatic rings. The highest BCUT2D eigenvalue weighted by Crippen LogP contribution is 2.29. The Kier molecular flexibility index (Phi) is 6.69. The molecule has 1 amide bonds. The first kappa shape index (κ1) is 22.4. The Morgan fingerprint density at radius 3 is 2.94 bits per heavy atom. The topological polar surface area (TPSA) is 55.2 Å². The molecule has 1 unspecified atom stereocenters. The maximum atomic E-state index is 13.4. The van der Waals surface area contributed by atoms with E-state index in [9.17, 15) is 9.59 Å². The normalized spacial score (nSPS) is 17.0. The largest absolute Gasteiger partial charge is 0.337 e. The molecule has 0 bridgehead atoms. The molecule has 1 atom stereocenters. The molecule has 33 heavy (non-hydrogen) atoms. The van der Waals surface area contributed by atoms with Gasteiger partial charge in [0.1, 0.15) is 0 Å². The minimum Gasteiger partial charge on any atom is -0.337 e. The lowest BCUT2D eigenvalue weighted by atomic mass is 9.97. The number of allylic oxidation sites excluding steroid dienone is 2. The van der Waals surface area contributed by atoms with Gasteiger partial charge in [-0.2, -0.15) is 0 Å². The van der Waals surface area contributed by atoms with Crippen LogP contribution in [0.1, 0.15) is 49.5 Å². The molecule has 2 aliphatic rings. The molecular weight excluding hydrogens is 450 g/mol. The van der Waals surface area contributed by atoms with E-state index < -0.39 is 0 Å². The van der Waals surface area contributed by atoms with Gasteiger partial charge in [0.05, 0.1) is 16.2 Å². The highest BCUT2D eigenvalue weighted by Gasteiger charge is 2.27. The number of nitrogens with zero attached hydrogens (tertiary/aromatic N) is 3. The van der Waals surface area contributed by atoms with Crippen LogP contribution in [-0.2, 0) is 24.3 Å². The number of thiophene rings is 1. The van der Waals surface area contributed by atoms with Crippen LogP contribution in [0, 0.1) is 0 Å². The molecule has 0 fully saturated rings. The first-order valence-corrected chi connectivity index (χ1v) is 13.5. The van der Waals surface area contributed by atoms with Gasteiger partial charge in [0.25, 0.3) is 5.56 Å². The fourth-order valence-corrected chi connectivity index (χ4v) is 6.63. The van der Waals surface area contributed by atoms with E-state index in [1.54, 1.807) is 15.9 Å². The summed E-state index contributed by atoms with van der Waals surface area (Å²) in [5.74, 6) is 0.112. The smallest absolute Gasteiger partial charge is 0.262 e. The summed E-state index contributed by atoms with van der Waals surface area (Å²) < 4.78 is 1.79. The third-order valence-corrected chi connectivity index (χ3v) is 8.72. The van der Waals surface area contributed by atoms with Crippen LogP contribution < -0.4 is 5.56 Å². The van der Waals surface area contributed by atoms with Crippen molar-refractivity contribution in [1.82, 2.24) is 14.5 Å². The number of carbonyl (C=O) groups is 1. The highest BCUT2D eigenvalue weighted by molar-refractivity contribution is 8.00. The monoisotopic (exact) mass is 479 g/mol. The standard InChI is InChI=1S/C26H29N3O2S2/c1-18(24(30)28-14-12-23-20(17-28)13-16-32-23)33-26-27-22-10-6-5-9-21(22)25(31)29(26)15-11-19-7-3-2-4-8-19/h5-7,9-10,13,16,18H,2-4,8,11-12,14-15,17H2,1H3. The van der Waals surface area contributed by atoms with Crippen molar-refractivity contribution >= 4 is 39.9 Å². The van der Waals surface area contributed by atoms with Gasteiger partial charge in [0.15, 0.2) is 5.16 Å². The number of hydrogen-bond acceptors (Lipinski definition) is 5. The van der Waals surface area contributed by atoms with E-state index in [-0.39, 0.29) is 16.7 Å². The molecule has 0 radical (unpaired) electrons. The van der Waals surface area contributed by atoms with Crippen molar-refractivity contribution in [1.29, 1.82) is 0 Å². The van der Waals surface area contributed by atoms with Gasteiger partial charge in [-0.1, -0.05) is 35.5 Å². The minimum absolute atomic E-state index is 0.0138. The molecule has 7 heteroatoms. The van der Waals surface area contributed by atoms with Gasteiger partial charge in [-0.25, -0.2) is 4.98 Å². The maximum Gasteiger partial charge on any atom is 0.262 e. The Bertz CT molecular complexity index is 1260. The number of hydrogen-bond donors (Lipinski definition) is 0. The first-order valence-electron chi connectivity index (χ1n) is 11.8. The molecule has 0 saturated heterocycles. The van der Waals surface area contributed by atoms with Crippen LogP contribution in [0.25, 0.3) is 10.9 Å². The Morgan fingerprint density at radius 2 is 2.09 bits per heavy atom. The molecule has 0 N–H and O–H groups in total. The number of rotatable bonds is 6. The molecule has 5 rings (SSSR count). The lowest BCUT2D eigenvalue weighted by molar-refractivity contribution is -0.131. The van der Waals surface area contributed by atoms with Crippen molar-refractivity contribution in [3.05, 3.63) is 68.2 Å². The second-order valence-electron chi connectivity index (χ2n) is 8.87. The van der Waals surface area contributed by atoms with Crippen molar-refractivity contribution in [2.75, 3.05) is 6.54 Å². The lowest BCUT2D eigenvalue weighted by Crippen LogP contribution is -2.40. The van der Waals surface area contributed by atoms with E-state index in [4.69, 9.17) is 4.98 Å². The molecule has 3 heterocycles. The number of carbonyl (C=O) groups excluding carboxylic acids is 1. The second-order valence-corrected chi connectivity index (χ2v) is 11.2. The van der Waals surface area contributed by atoms with Crippen molar-refractivity contribution in [3.63, 3.8) is 0 Å². The molecule has 1 aliphatic heterocycles. The summed E-state index contributed by atoms with van der Waals surface area (Å²) in [7, 11) is 0. The van der Waals surface area contributed by atoms with Crippen molar-refractivity contribution in [2.24, 2.45) is 0 Å². The third kappa shape index (κ3) is 4.80. The number of thioether (sulfide) groups is 1. The summed E-state index contributed by atoms with van der Waals surface area (Å²) in [6.45, 7) is 3.97. The van der Waals surface area contributed by atoms with Crippen LogP contribution in [-0.4, -0.2) is 32.2 Å². The number of aromatic nitrogens is 2. The van der Waals surface area contributed by atoms with Crippen LogP contribution in [0.4, 0.5) is 0 Å². The summed E-state index contributed by atoms with van der Waals surface area (Å²) in [4.78, 5) is 34.8. The van der Waals surface area contributed by atoms with Crippen molar-refractivity contribution < 1.29 is 4.79 Å². The quantitative estimate of drug-likeness (QED) is 0.269. The summed E-state index contributed by atoms with van der Waals surface area (Å²) in [5, 5.41) is 3.08. The van der Waals surface area contributed by atoms with E-state index in [0.29, 0.717) is 29.1 Å². The number of amides is 1. The molecule has 2 aromatic heterocycles. The van der Waals surface area contributed by atoms with Gasteiger partial charge < -0.3 is 4.90 Å². The van der Waals surface area contributed by atoms with Gasteiger partial charge in [-0.3, -0.25) is 14.2 Å². The maximum absolute atomic E-state index is 13.4. The predicted octanol–water partition coefficient (Wildman–Crippen LogP) is 5.41. The van der Waals surface area contributed by atoms with Gasteiger partial charge in [-0.05, 0) is 74.6 Å². The number of para-hydroxylation sites is 1. The number of benzene rings is 1. The zero-order valence-corrected chi connectivity index (χ0v) is 20.6. The summed E-state index contributed by atoms with van der Waals surface area (Å²) >= 11 is 3.19. The predicted molar refractivity (Wildman–Crippen MR) is 136 cm³/mol. The zero-order chi connectivity index (χ0) is 22.8. The summed E-state index contributed by atoms with van der Waals surface area (Å²) in [5.41, 5.74) is 3.37. The first-order chi connectivity index (χ1) is 16.1. The van der Waals surface area contributed by atoms with Crippen LogP contribution in [0.2, 0.25) is 0 Å². The van der Waals surface area contributed by atoms with E-state index in [1.807, 2.05) is 36.1 Å². The van der Waals surface area contributed by atoms with E-state index in [2.05, 4.69) is 17.5 Å². The molecular formula is C26H29N3O2S2. The molecule has 5 nitrogen and oxygen atoms in total. The summed E-state index contributed by atoms with van der Waals surface area (Å²) in [6, 6.07) is 9.63. The lowest BCUT2D eigenvalue weighted by Gasteiger charge is -2.29. The zero-order valence-electron chi connectivity index (χ0n) is 19.0. The minimum atomic E-state index is -0.307. The molecule has 172 valence electrons. The van der Waals surface area contributed by atoms with E-state index in [0.717, 1.165) is 32.2 Å². The molecule has 0 saturated carbocycles. The highest BCUT2D eigenvalue weighted by atomic mass is 32.2. The van der Waals surface area contributed by atoms with Crippen molar-refractivity contribution in [2.45, 2.75) is 68.9 Å². The Labute approximate surface area is 202 Å². The van der Waals surface area contributed by atoms with Gasteiger partial charge in [0, 0.05) is 24.5 Å². The van der Waals surface area contributed by atoms with Crippen LogP contribution in [0.15, 0.2) is 57.3 Å².